The van der Waals surface area contributed by atoms with E-state index in [1.54, 1.807) is 41.8 Å². The Morgan fingerprint density at radius 3 is 2.59 bits per heavy atom. The van der Waals surface area contributed by atoms with E-state index in [4.69, 9.17) is 4.74 Å². The van der Waals surface area contributed by atoms with Crippen LogP contribution in [0.2, 0.25) is 0 Å². The highest BCUT2D eigenvalue weighted by Crippen LogP contribution is 2.26. The number of sulfonamides is 1. The molecule has 1 heterocycles. The summed E-state index contributed by atoms with van der Waals surface area (Å²) in [5.41, 5.74) is 0.937. The molecule has 152 valence electrons. The van der Waals surface area contributed by atoms with Crippen molar-refractivity contribution in [3.63, 3.8) is 0 Å². The van der Waals surface area contributed by atoms with Gasteiger partial charge in [-0.2, -0.15) is 0 Å². The van der Waals surface area contributed by atoms with Gasteiger partial charge >= 0.3 is 0 Å². The van der Waals surface area contributed by atoms with Gasteiger partial charge in [-0.15, -0.1) is 11.3 Å². The fraction of sp³-hybridized carbons (Fsp3) is 0.200. The molecule has 29 heavy (non-hydrogen) atoms. The molecule has 7 nitrogen and oxygen atoms in total. The molecule has 0 aliphatic carbocycles. The third-order valence-corrected chi connectivity index (χ3v) is 6.07. The Bertz CT molecular complexity index is 1070. The normalized spacial score (nSPS) is 11.3. The van der Waals surface area contributed by atoms with Crippen molar-refractivity contribution in [2.45, 2.75) is 31.4 Å². The standard InChI is InChI=1S/C20H21N3O4S2/c1-14(2)27-17-9-8-16(13-22-19(24)15-6-4-3-5-7-15)18(12-17)29(25,26)23-20-21-10-11-28-20/h3-12,14H,13H2,1-2H3,(H,21,23)(H,22,24). The van der Waals surface area contributed by atoms with E-state index >= 15 is 0 Å². The number of carbonyl (C=O) groups excluding carboxylic acids is 1. The first-order chi connectivity index (χ1) is 13.8. The zero-order chi connectivity index (χ0) is 20.9. The fourth-order valence-corrected chi connectivity index (χ4v) is 4.63. The van der Waals surface area contributed by atoms with Gasteiger partial charge in [0.05, 0.1) is 11.0 Å². The molecule has 0 aliphatic heterocycles. The maximum absolute atomic E-state index is 13.0. The number of nitrogens with one attached hydrogen (secondary N) is 2. The molecule has 0 saturated heterocycles. The van der Waals surface area contributed by atoms with Gasteiger partial charge in [-0.05, 0) is 37.6 Å². The van der Waals surface area contributed by atoms with Crippen molar-refractivity contribution < 1.29 is 17.9 Å². The molecule has 0 radical (unpaired) electrons. The lowest BCUT2D eigenvalue weighted by molar-refractivity contribution is 0.0950. The van der Waals surface area contributed by atoms with Gasteiger partial charge in [0.1, 0.15) is 5.75 Å². The Morgan fingerprint density at radius 2 is 1.93 bits per heavy atom. The topological polar surface area (TPSA) is 97.4 Å². The van der Waals surface area contributed by atoms with Crippen LogP contribution in [0.3, 0.4) is 0 Å². The van der Waals surface area contributed by atoms with Crippen molar-refractivity contribution >= 4 is 32.4 Å². The summed E-state index contributed by atoms with van der Waals surface area (Å²) < 4.78 is 34.0. The van der Waals surface area contributed by atoms with Gasteiger partial charge < -0.3 is 10.1 Å². The Labute approximate surface area is 173 Å². The maximum Gasteiger partial charge on any atom is 0.264 e. The van der Waals surface area contributed by atoms with E-state index in [0.29, 0.717) is 16.9 Å². The minimum absolute atomic E-state index is 0.0270. The Morgan fingerprint density at radius 1 is 1.17 bits per heavy atom. The lowest BCUT2D eigenvalue weighted by Gasteiger charge is -2.15. The number of nitrogens with zero attached hydrogens (tertiary/aromatic N) is 1. The van der Waals surface area contributed by atoms with Crippen LogP contribution >= 0.6 is 11.3 Å². The second-order valence-corrected chi connectivity index (χ2v) is 8.97. The van der Waals surface area contributed by atoms with Crippen LogP contribution in [-0.2, 0) is 16.6 Å². The van der Waals surface area contributed by atoms with Crippen molar-refractivity contribution in [2.24, 2.45) is 0 Å². The van der Waals surface area contributed by atoms with Gasteiger partial charge in [0.15, 0.2) is 5.13 Å². The molecular weight excluding hydrogens is 410 g/mol. The number of benzene rings is 2. The Hall–Kier alpha value is -2.91. The number of hydrogen-bond acceptors (Lipinski definition) is 6. The number of aromatic nitrogens is 1. The summed E-state index contributed by atoms with van der Waals surface area (Å²) in [5.74, 6) is 0.141. The highest BCUT2D eigenvalue weighted by atomic mass is 32.2. The summed E-state index contributed by atoms with van der Waals surface area (Å²) in [6.07, 6.45) is 1.41. The van der Waals surface area contributed by atoms with Gasteiger partial charge in [0, 0.05) is 29.8 Å². The first kappa shape index (κ1) is 20.8. The molecule has 0 spiro atoms. The van der Waals surface area contributed by atoms with Crippen LogP contribution in [-0.4, -0.2) is 25.4 Å². The van der Waals surface area contributed by atoms with Crippen LogP contribution in [0.1, 0.15) is 29.8 Å². The smallest absolute Gasteiger partial charge is 0.264 e. The minimum atomic E-state index is -3.92. The largest absolute Gasteiger partial charge is 0.491 e. The average molecular weight is 432 g/mol. The Balaban J connectivity index is 1.88. The quantitative estimate of drug-likeness (QED) is 0.567. The molecule has 1 aromatic heterocycles. The van der Waals surface area contributed by atoms with Gasteiger partial charge in [-0.3, -0.25) is 9.52 Å². The van der Waals surface area contributed by atoms with Crippen LogP contribution in [0.5, 0.6) is 5.75 Å². The first-order valence-corrected chi connectivity index (χ1v) is 11.3. The number of hydrogen-bond donors (Lipinski definition) is 2. The molecule has 2 N–H and O–H groups in total. The zero-order valence-electron chi connectivity index (χ0n) is 16.0. The molecule has 1 amide bonds. The number of amides is 1. The lowest BCUT2D eigenvalue weighted by atomic mass is 10.2. The van der Waals surface area contributed by atoms with Crippen molar-refractivity contribution in [1.82, 2.24) is 10.3 Å². The zero-order valence-corrected chi connectivity index (χ0v) is 17.6. The summed E-state index contributed by atoms with van der Waals surface area (Å²) >= 11 is 1.18. The monoisotopic (exact) mass is 431 g/mol. The van der Waals surface area contributed by atoms with Crippen LogP contribution in [0.15, 0.2) is 65.0 Å². The third kappa shape index (κ3) is 5.55. The predicted molar refractivity (Wildman–Crippen MR) is 113 cm³/mol. The van der Waals surface area contributed by atoms with Crippen LogP contribution in [0.25, 0.3) is 0 Å². The lowest BCUT2D eigenvalue weighted by Crippen LogP contribution is -2.24. The van der Waals surface area contributed by atoms with Gasteiger partial charge in [0.2, 0.25) is 0 Å². The van der Waals surface area contributed by atoms with Crippen LogP contribution < -0.4 is 14.8 Å². The number of thiazole rings is 1. The third-order valence-electron chi connectivity index (χ3n) is 3.83. The molecular formula is C20H21N3O4S2. The van der Waals surface area contributed by atoms with Crippen molar-refractivity contribution in [2.75, 3.05) is 4.72 Å². The first-order valence-electron chi connectivity index (χ1n) is 8.90. The molecule has 3 rings (SSSR count). The fourth-order valence-electron chi connectivity index (χ4n) is 2.59. The highest BCUT2D eigenvalue weighted by Gasteiger charge is 2.21. The van der Waals surface area contributed by atoms with E-state index in [0.717, 1.165) is 0 Å². The SMILES string of the molecule is CC(C)Oc1ccc(CNC(=O)c2ccccc2)c(S(=O)(=O)Nc2nccs2)c1. The maximum atomic E-state index is 13.0. The molecule has 0 atom stereocenters. The van der Waals surface area contributed by atoms with Crippen molar-refractivity contribution in [3.05, 3.63) is 71.2 Å². The van der Waals surface area contributed by atoms with E-state index in [9.17, 15) is 13.2 Å². The Kier molecular flexibility index (Phi) is 6.50. The molecule has 0 saturated carbocycles. The van der Waals surface area contributed by atoms with Crippen molar-refractivity contribution in [1.29, 1.82) is 0 Å². The van der Waals surface area contributed by atoms with E-state index in [1.165, 1.54) is 23.6 Å². The molecule has 0 unspecified atom stereocenters. The van der Waals surface area contributed by atoms with Crippen molar-refractivity contribution in [3.8, 4) is 5.75 Å². The highest BCUT2D eigenvalue weighted by molar-refractivity contribution is 7.93. The summed E-state index contributed by atoms with van der Waals surface area (Å²) in [6, 6.07) is 13.5. The number of anilines is 1. The van der Waals surface area contributed by atoms with E-state index in [2.05, 4.69) is 15.0 Å². The number of rotatable bonds is 8. The summed E-state index contributed by atoms with van der Waals surface area (Å²) in [6.45, 7) is 3.76. The number of carbonyl (C=O) groups is 1. The molecule has 0 fully saturated rings. The molecule has 2 aromatic carbocycles. The molecule has 3 aromatic rings. The molecule has 9 heteroatoms. The number of ether oxygens (including phenoxy) is 1. The summed E-state index contributed by atoms with van der Waals surface area (Å²) in [5, 5.41) is 4.70. The molecule has 0 bridgehead atoms. The average Bonchev–Trinajstić information content (AvgIpc) is 3.19. The van der Waals surface area contributed by atoms with Gasteiger partial charge in [-0.25, -0.2) is 13.4 Å². The van der Waals surface area contributed by atoms with E-state index in [-0.39, 0.29) is 28.6 Å². The van der Waals surface area contributed by atoms with E-state index in [1.807, 2.05) is 19.9 Å². The summed E-state index contributed by atoms with van der Waals surface area (Å²) in [7, 11) is -3.92. The molecule has 0 aliphatic rings. The van der Waals surface area contributed by atoms with E-state index < -0.39 is 10.0 Å². The second kappa shape index (κ2) is 9.06. The van der Waals surface area contributed by atoms with Gasteiger partial charge in [-0.1, -0.05) is 24.3 Å². The van der Waals surface area contributed by atoms with Crippen LogP contribution in [0, 0.1) is 0 Å². The van der Waals surface area contributed by atoms with Crippen LogP contribution in [0.4, 0.5) is 5.13 Å². The second-order valence-electron chi connectivity index (χ2n) is 6.43. The predicted octanol–water partition coefficient (Wildman–Crippen LogP) is 3.66. The minimum Gasteiger partial charge on any atom is -0.491 e. The summed E-state index contributed by atoms with van der Waals surface area (Å²) in [4.78, 5) is 16.3. The van der Waals surface area contributed by atoms with Gasteiger partial charge in [0.25, 0.3) is 15.9 Å².